The molecule has 0 unspecified atom stereocenters. The molecule has 0 bridgehead atoms. The summed E-state index contributed by atoms with van der Waals surface area (Å²) >= 11 is 1.50. The second kappa shape index (κ2) is 9.72. The first-order valence-corrected chi connectivity index (χ1v) is 10.9. The third-order valence-corrected chi connectivity index (χ3v) is 6.04. The first kappa shape index (κ1) is 21.0. The number of anilines is 1. The van der Waals surface area contributed by atoms with Crippen LogP contribution in [0.4, 0.5) is 5.13 Å². The van der Waals surface area contributed by atoms with E-state index in [1.54, 1.807) is 31.4 Å². The maximum atomic E-state index is 12.3. The number of thiazole rings is 1. The minimum atomic E-state index is -0.330. The van der Waals surface area contributed by atoms with Gasteiger partial charge in [-0.3, -0.25) is 14.5 Å². The highest BCUT2D eigenvalue weighted by Gasteiger charge is 2.21. The fourth-order valence-corrected chi connectivity index (χ4v) is 4.54. The normalized spacial score (nSPS) is 13.3. The molecule has 7 nitrogen and oxygen atoms in total. The molecule has 8 heteroatoms. The summed E-state index contributed by atoms with van der Waals surface area (Å²) < 4.78 is 5.12. The van der Waals surface area contributed by atoms with Crippen LogP contribution in [0.3, 0.4) is 0 Å². The van der Waals surface area contributed by atoms with Gasteiger partial charge in [-0.25, -0.2) is 4.98 Å². The van der Waals surface area contributed by atoms with Crippen LogP contribution in [-0.4, -0.2) is 41.9 Å². The Labute approximate surface area is 185 Å². The average molecular weight is 437 g/mol. The maximum absolute atomic E-state index is 12.3. The molecule has 0 fully saturated rings. The molecule has 160 valence electrons. The monoisotopic (exact) mass is 436 g/mol. The summed E-state index contributed by atoms with van der Waals surface area (Å²) in [5, 5.41) is 6.01. The molecule has 1 aromatic heterocycles. The quantitative estimate of drug-likeness (QED) is 0.595. The lowest BCUT2D eigenvalue weighted by Gasteiger charge is -2.25. The molecule has 0 aliphatic carbocycles. The molecule has 1 aliphatic rings. The number of fused-ring (bicyclic) bond motifs is 1. The Morgan fingerprint density at radius 3 is 2.81 bits per heavy atom. The van der Waals surface area contributed by atoms with Gasteiger partial charge < -0.3 is 15.4 Å². The summed E-state index contributed by atoms with van der Waals surface area (Å²) in [6.07, 6.45) is 0.862. The number of nitrogens with one attached hydrogen (secondary N) is 2. The number of hydrogen-bond acceptors (Lipinski definition) is 6. The van der Waals surface area contributed by atoms with Gasteiger partial charge in [0.1, 0.15) is 5.75 Å². The van der Waals surface area contributed by atoms with Crippen LogP contribution in [0, 0.1) is 0 Å². The average Bonchev–Trinajstić information content (AvgIpc) is 3.19. The van der Waals surface area contributed by atoms with Crippen LogP contribution in [0.2, 0.25) is 0 Å². The molecule has 0 spiro atoms. The third kappa shape index (κ3) is 5.48. The van der Waals surface area contributed by atoms with E-state index in [2.05, 4.69) is 44.8 Å². The molecule has 3 aromatic rings. The standard InChI is InChI=1S/C23H24N4O3S/c1-30-18-9-5-8-17(12-18)22(29)24-13-21(28)26-23-25-19-10-11-27(15-20(19)31-23)14-16-6-3-2-4-7-16/h2-9,12H,10-11,13-15H2,1H3,(H,24,29)(H,25,26,28). The minimum absolute atomic E-state index is 0.125. The first-order valence-electron chi connectivity index (χ1n) is 10.1. The van der Waals surface area contributed by atoms with Gasteiger partial charge in [-0.2, -0.15) is 0 Å². The molecule has 31 heavy (non-hydrogen) atoms. The van der Waals surface area contributed by atoms with E-state index in [0.717, 1.165) is 31.7 Å². The van der Waals surface area contributed by atoms with Crippen molar-refractivity contribution in [3.8, 4) is 5.75 Å². The van der Waals surface area contributed by atoms with E-state index in [1.807, 2.05) is 6.07 Å². The molecule has 1 aliphatic heterocycles. The van der Waals surface area contributed by atoms with E-state index in [0.29, 0.717) is 16.4 Å². The molecule has 2 amide bonds. The molecular weight excluding hydrogens is 412 g/mol. The van der Waals surface area contributed by atoms with Crippen molar-refractivity contribution in [2.75, 3.05) is 25.5 Å². The number of ether oxygens (including phenoxy) is 1. The topological polar surface area (TPSA) is 83.6 Å². The largest absolute Gasteiger partial charge is 0.497 e. The molecule has 2 aromatic carbocycles. The number of benzene rings is 2. The van der Waals surface area contributed by atoms with Crippen LogP contribution >= 0.6 is 11.3 Å². The number of methoxy groups -OCH3 is 1. The van der Waals surface area contributed by atoms with Crippen molar-refractivity contribution in [3.63, 3.8) is 0 Å². The molecular formula is C23H24N4O3S. The van der Waals surface area contributed by atoms with Gasteiger partial charge in [0.25, 0.3) is 5.91 Å². The van der Waals surface area contributed by atoms with Crippen LogP contribution < -0.4 is 15.4 Å². The Hall–Kier alpha value is -3.23. The fraction of sp³-hybridized carbons (Fsp3) is 0.261. The van der Waals surface area contributed by atoms with E-state index in [9.17, 15) is 9.59 Å². The van der Waals surface area contributed by atoms with Gasteiger partial charge in [-0.15, -0.1) is 11.3 Å². The summed E-state index contributed by atoms with van der Waals surface area (Å²) in [6.45, 7) is 2.54. The number of nitrogens with zero attached hydrogens (tertiary/aromatic N) is 2. The molecule has 4 rings (SSSR count). The van der Waals surface area contributed by atoms with Gasteiger partial charge in [-0.05, 0) is 23.8 Å². The van der Waals surface area contributed by atoms with Crippen molar-refractivity contribution in [1.29, 1.82) is 0 Å². The molecule has 2 heterocycles. The maximum Gasteiger partial charge on any atom is 0.251 e. The highest BCUT2D eigenvalue weighted by molar-refractivity contribution is 7.15. The Bertz CT molecular complexity index is 1070. The SMILES string of the molecule is COc1cccc(C(=O)NCC(=O)Nc2nc3c(s2)CN(Cc2ccccc2)CC3)c1. The zero-order valence-electron chi connectivity index (χ0n) is 17.3. The van der Waals surface area contributed by atoms with Crippen molar-refractivity contribution in [3.05, 3.63) is 76.3 Å². The van der Waals surface area contributed by atoms with Crippen LogP contribution in [-0.2, 0) is 24.3 Å². The summed E-state index contributed by atoms with van der Waals surface area (Å²) in [4.78, 5) is 32.7. The molecule has 0 saturated carbocycles. The van der Waals surface area contributed by atoms with Crippen molar-refractivity contribution < 1.29 is 14.3 Å². The summed E-state index contributed by atoms with van der Waals surface area (Å²) in [6, 6.07) is 17.2. The first-order chi connectivity index (χ1) is 15.1. The van der Waals surface area contributed by atoms with E-state index < -0.39 is 0 Å². The lowest BCUT2D eigenvalue weighted by Crippen LogP contribution is -2.32. The minimum Gasteiger partial charge on any atom is -0.497 e. The lowest BCUT2D eigenvalue weighted by atomic mass is 10.1. The van der Waals surface area contributed by atoms with Crippen molar-refractivity contribution in [1.82, 2.24) is 15.2 Å². The Balaban J connectivity index is 1.29. The van der Waals surface area contributed by atoms with E-state index in [1.165, 1.54) is 21.8 Å². The van der Waals surface area contributed by atoms with Crippen molar-refractivity contribution in [2.24, 2.45) is 0 Å². The molecule has 0 saturated heterocycles. The smallest absolute Gasteiger partial charge is 0.251 e. The van der Waals surface area contributed by atoms with Crippen molar-refractivity contribution in [2.45, 2.75) is 19.5 Å². The van der Waals surface area contributed by atoms with Crippen LogP contribution in [0.5, 0.6) is 5.75 Å². The number of rotatable bonds is 7. The zero-order chi connectivity index (χ0) is 21.6. The highest BCUT2D eigenvalue weighted by Crippen LogP contribution is 2.29. The van der Waals surface area contributed by atoms with Gasteiger partial charge >= 0.3 is 0 Å². The second-order valence-electron chi connectivity index (χ2n) is 7.30. The Morgan fingerprint density at radius 2 is 2.00 bits per heavy atom. The predicted octanol–water partition coefficient (Wildman–Crippen LogP) is 3.08. The van der Waals surface area contributed by atoms with Crippen LogP contribution in [0.15, 0.2) is 54.6 Å². The van der Waals surface area contributed by atoms with Crippen LogP contribution in [0.25, 0.3) is 0 Å². The molecule has 0 radical (unpaired) electrons. The van der Waals surface area contributed by atoms with Gasteiger partial charge in [-0.1, -0.05) is 36.4 Å². The Morgan fingerprint density at radius 1 is 1.16 bits per heavy atom. The number of amides is 2. The van der Waals surface area contributed by atoms with Crippen molar-refractivity contribution >= 4 is 28.3 Å². The van der Waals surface area contributed by atoms with E-state index in [4.69, 9.17) is 4.74 Å². The zero-order valence-corrected chi connectivity index (χ0v) is 18.1. The Kier molecular flexibility index (Phi) is 6.59. The van der Waals surface area contributed by atoms with Gasteiger partial charge in [0.15, 0.2) is 5.13 Å². The van der Waals surface area contributed by atoms with E-state index >= 15 is 0 Å². The van der Waals surface area contributed by atoms with Crippen LogP contribution in [0.1, 0.15) is 26.5 Å². The van der Waals surface area contributed by atoms with Gasteiger partial charge in [0.05, 0.1) is 19.3 Å². The number of hydrogen-bond donors (Lipinski definition) is 2. The van der Waals surface area contributed by atoms with E-state index in [-0.39, 0.29) is 18.4 Å². The van der Waals surface area contributed by atoms with Gasteiger partial charge in [0, 0.05) is 36.5 Å². The lowest BCUT2D eigenvalue weighted by molar-refractivity contribution is -0.115. The van der Waals surface area contributed by atoms with Gasteiger partial charge in [0.2, 0.25) is 5.91 Å². The number of carbonyl (C=O) groups is 2. The number of carbonyl (C=O) groups excluding carboxylic acids is 2. The molecule has 0 atom stereocenters. The molecule has 2 N–H and O–H groups in total. The summed E-state index contributed by atoms with van der Waals surface area (Å²) in [7, 11) is 1.54. The predicted molar refractivity (Wildman–Crippen MR) is 120 cm³/mol. The fourth-order valence-electron chi connectivity index (χ4n) is 3.47. The third-order valence-electron chi connectivity index (χ3n) is 5.05. The summed E-state index contributed by atoms with van der Waals surface area (Å²) in [5.74, 6) is -0.0423. The highest BCUT2D eigenvalue weighted by atomic mass is 32.1. The summed E-state index contributed by atoms with van der Waals surface area (Å²) in [5.41, 5.74) is 2.77. The number of aromatic nitrogens is 1. The second-order valence-corrected chi connectivity index (χ2v) is 8.38.